The highest BCUT2D eigenvalue weighted by Gasteiger charge is 2.57. The Morgan fingerprint density at radius 2 is 1.48 bits per heavy atom. The summed E-state index contributed by atoms with van der Waals surface area (Å²) in [5.41, 5.74) is 9.98. The van der Waals surface area contributed by atoms with Crippen molar-refractivity contribution in [3.05, 3.63) is 130 Å². The van der Waals surface area contributed by atoms with Gasteiger partial charge < -0.3 is 24.7 Å². The molecule has 1 aliphatic heterocycles. The zero-order chi connectivity index (χ0) is 28.9. The molecule has 8 nitrogen and oxygen atoms in total. The third-order valence-corrected chi connectivity index (χ3v) is 8.23. The van der Waals surface area contributed by atoms with Crippen molar-refractivity contribution in [1.29, 1.82) is 0 Å². The van der Waals surface area contributed by atoms with Gasteiger partial charge in [0.15, 0.2) is 5.82 Å². The fourth-order valence-electron chi connectivity index (χ4n) is 5.49. The Morgan fingerprint density at radius 1 is 0.881 bits per heavy atom. The summed E-state index contributed by atoms with van der Waals surface area (Å²) in [5.74, 6) is 0.368. The molecular weight excluding hydrogens is 596 g/mol. The predicted molar refractivity (Wildman–Crippen MR) is 163 cm³/mol. The summed E-state index contributed by atoms with van der Waals surface area (Å²) in [6.07, 6.45) is -0.00278. The summed E-state index contributed by atoms with van der Waals surface area (Å²) >= 11 is 3.66. The van der Waals surface area contributed by atoms with Gasteiger partial charge in [0, 0.05) is 4.47 Å². The first-order chi connectivity index (χ1) is 20.5. The minimum absolute atomic E-state index is 0.316. The van der Waals surface area contributed by atoms with E-state index < -0.39 is 23.9 Å². The number of hydrogen-bond donors (Lipinski definition) is 1. The Balaban J connectivity index is 1.36. The number of nitrogen functional groups attached to an aromatic ring is 1. The summed E-state index contributed by atoms with van der Waals surface area (Å²) in [6.45, 7) is 3.60. The van der Waals surface area contributed by atoms with E-state index in [0.717, 1.165) is 26.9 Å². The molecule has 9 heteroatoms. The van der Waals surface area contributed by atoms with Gasteiger partial charge in [-0.05, 0) is 45.6 Å². The van der Waals surface area contributed by atoms with Crippen LogP contribution in [0.15, 0.2) is 108 Å². The molecule has 6 rings (SSSR count). The number of rotatable bonds is 11. The molecule has 5 aromatic rings. The van der Waals surface area contributed by atoms with Crippen molar-refractivity contribution in [3.8, 4) is 0 Å². The quantitative estimate of drug-likeness (QED) is 0.184. The molecule has 4 atom stereocenters. The topological polar surface area (TPSA) is 93.1 Å². The lowest BCUT2D eigenvalue weighted by molar-refractivity contribution is -0.148. The molecule has 0 amide bonds. The lowest BCUT2D eigenvalue weighted by atomic mass is 9.90. The number of hydrogen-bond acceptors (Lipinski definition) is 7. The number of aromatic nitrogens is 3. The minimum atomic E-state index is -0.918. The first-order valence-corrected chi connectivity index (χ1v) is 14.7. The van der Waals surface area contributed by atoms with Gasteiger partial charge in [0.1, 0.15) is 35.8 Å². The molecule has 0 spiro atoms. The molecule has 42 heavy (non-hydrogen) atoms. The van der Waals surface area contributed by atoms with E-state index in [1.165, 1.54) is 6.33 Å². The third-order valence-electron chi connectivity index (χ3n) is 7.63. The van der Waals surface area contributed by atoms with Crippen molar-refractivity contribution in [2.45, 2.75) is 50.7 Å². The summed E-state index contributed by atoms with van der Waals surface area (Å²) in [4.78, 5) is 4.18. The Bertz CT molecular complexity index is 1600. The van der Waals surface area contributed by atoms with E-state index in [-0.39, 0.29) is 0 Å². The Kier molecular flexibility index (Phi) is 8.64. The van der Waals surface area contributed by atoms with Crippen LogP contribution in [0.1, 0.15) is 35.4 Å². The molecule has 1 fully saturated rings. The van der Waals surface area contributed by atoms with Gasteiger partial charge in [-0.1, -0.05) is 91.0 Å². The highest BCUT2D eigenvalue weighted by molar-refractivity contribution is 9.10. The maximum absolute atomic E-state index is 6.83. The summed E-state index contributed by atoms with van der Waals surface area (Å²) in [5, 5.41) is 4.52. The van der Waals surface area contributed by atoms with Crippen LogP contribution in [0.3, 0.4) is 0 Å². The molecule has 216 valence electrons. The van der Waals surface area contributed by atoms with Gasteiger partial charge in [0.25, 0.3) is 0 Å². The van der Waals surface area contributed by atoms with Crippen LogP contribution >= 0.6 is 15.9 Å². The first-order valence-electron chi connectivity index (χ1n) is 13.9. The van der Waals surface area contributed by atoms with Gasteiger partial charge in [0.2, 0.25) is 0 Å². The third kappa shape index (κ3) is 5.97. The van der Waals surface area contributed by atoms with Gasteiger partial charge >= 0.3 is 0 Å². The van der Waals surface area contributed by atoms with Crippen molar-refractivity contribution in [3.63, 3.8) is 0 Å². The van der Waals surface area contributed by atoms with Crippen LogP contribution in [0.5, 0.6) is 0 Å². The number of fused-ring (bicyclic) bond motifs is 1. The summed E-state index contributed by atoms with van der Waals surface area (Å²) < 4.78 is 29.1. The average molecular weight is 630 g/mol. The van der Waals surface area contributed by atoms with Crippen LogP contribution in [-0.4, -0.2) is 39.0 Å². The van der Waals surface area contributed by atoms with Crippen molar-refractivity contribution in [2.24, 2.45) is 0 Å². The second kappa shape index (κ2) is 12.7. The van der Waals surface area contributed by atoms with Gasteiger partial charge in [0.05, 0.1) is 32.1 Å². The lowest BCUT2D eigenvalue weighted by Gasteiger charge is -2.35. The van der Waals surface area contributed by atoms with E-state index in [1.807, 2.05) is 104 Å². The van der Waals surface area contributed by atoms with Crippen LogP contribution in [0.4, 0.5) is 5.82 Å². The second-order valence-corrected chi connectivity index (χ2v) is 11.4. The molecule has 0 radical (unpaired) electrons. The molecule has 1 aliphatic rings. The van der Waals surface area contributed by atoms with E-state index >= 15 is 0 Å². The molecule has 1 saturated heterocycles. The molecule has 3 heterocycles. The van der Waals surface area contributed by atoms with E-state index in [1.54, 1.807) is 4.52 Å². The molecule has 2 aromatic heterocycles. The fraction of sp³-hybridized carbons (Fsp3) is 0.273. The number of nitrogens with two attached hydrogens (primary N) is 1. The Morgan fingerprint density at radius 3 is 2.12 bits per heavy atom. The maximum Gasteiger partial charge on any atom is 0.152 e. The monoisotopic (exact) mass is 628 g/mol. The van der Waals surface area contributed by atoms with E-state index in [4.69, 9.17) is 24.7 Å². The SMILES string of the molecule is C[C@@]1(OCc2ccccc2)[C@H](OCc2ccccc2)[C@@H](COCc2ccccc2)O[C@H]1c1cc(Br)c2c(N)ncnn12. The average Bonchev–Trinajstić information content (AvgIpc) is 3.50. The molecule has 2 N–H and O–H groups in total. The molecule has 0 saturated carbocycles. The number of nitrogens with zero attached hydrogens (tertiary/aromatic N) is 3. The van der Waals surface area contributed by atoms with Crippen LogP contribution in [-0.2, 0) is 38.8 Å². The number of anilines is 1. The molecule has 0 aliphatic carbocycles. The van der Waals surface area contributed by atoms with Crippen molar-refractivity contribution < 1.29 is 18.9 Å². The highest BCUT2D eigenvalue weighted by atomic mass is 79.9. The predicted octanol–water partition coefficient (Wildman–Crippen LogP) is 6.29. The van der Waals surface area contributed by atoms with Gasteiger partial charge in [-0.3, -0.25) is 0 Å². The smallest absolute Gasteiger partial charge is 0.152 e. The number of halogens is 1. The minimum Gasteiger partial charge on any atom is -0.382 e. The van der Waals surface area contributed by atoms with Crippen molar-refractivity contribution >= 4 is 27.3 Å². The van der Waals surface area contributed by atoms with Crippen LogP contribution in [0.25, 0.3) is 5.52 Å². The zero-order valence-electron chi connectivity index (χ0n) is 23.3. The van der Waals surface area contributed by atoms with E-state index in [2.05, 4.69) is 26.0 Å². The first kappa shape index (κ1) is 28.5. The second-order valence-electron chi connectivity index (χ2n) is 10.6. The standard InChI is InChI=1S/C33H33BrN4O4/c1-33(41-20-25-15-9-4-10-16-25)30(27-17-26(34)29-32(35)36-22-37-38(27)29)42-28(21-39-18-23-11-5-2-6-12-23)31(33)40-19-24-13-7-3-8-14-24/h2-17,22,28,30-31H,18-21H2,1H3,(H2,35,36,37)/t28-,30+,31-,33+/m1/s1. The van der Waals surface area contributed by atoms with Crippen LogP contribution < -0.4 is 5.73 Å². The van der Waals surface area contributed by atoms with Gasteiger partial charge in [-0.25, -0.2) is 9.50 Å². The maximum atomic E-state index is 6.83. The molecule has 0 bridgehead atoms. The molecular formula is C33H33BrN4O4. The Hall–Kier alpha value is -3.60. The normalized spacial score (nSPS) is 22.1. The number of ether oxygens (including phenoxy) is 4. The largest absolute Gasteiger partial charge is 0.382 e. The van der Waals surface area contributed by atoms with Gasteiger partial charge in [-0.15, -0.1) is 0 Å². The van der Waals surface area contributed by atoms with Crippen LogP contribution in [0, 0.1) is 0 Å². The summed E-state index contributed by atoms with van der Waals surface area (Å²) in [6, 6.07) is 32.3. The van der Waals surface area contributed by atoms with Crippen molar-refractivity contribution in [2.75, 3.05) is 12.3 Å². The van der Waals surface area contributed by atoms with Crippen LogP contribution in [0.2, 0.25) is 0 Å². The van der Waals surface area contributed by atoms with Crippen molar-refractivity contribution in [1.82, 2.24) is 14.6 Å². The Labute approximate surface area is 253 Å². The van der Waals surface area contributed by atoms with E-state index in [0.29, 0.717) is 37.8 Å². The van der Waals surface area contributed by atoms with Gasteiger partial charge in [-0.2, -0.15) is 5.10 Å². The number of benzene rings is 3. The molecule has 3 aromatic carbocycles. The summed E-state index contributed by atoms with van der Waals surface area (Å²) in [7, 11) is 0. The van der Waals surface area contributed by atoms with E-state index in [9.17, 15) is 0 Å². The fourth-order valence-corrected chi connectivity index (χ4v) is 6.10. The zero-order valence-corrected chi connectivity index (χ0v) is 24.9. The highest BCUT2D eigenvalue weighted by Crippen LogP contribution is 2.48. The lowest BCUT2D eigenvalue weighted by Crippen LogP contribution is -2.47. The molecule has 0 unspecified atom stereocenters.